The number of halogens is 1. The van der Waals surface area contributed by atoms with Crippen LogP contribution in [0.3, 0.4) is 0 Å². The number of rotatable bonds is 6. The Morgan fingerprint density at radius 3 is 2.79 bits per heavy atom. The summed E-state index contributed by atoms with van der Waals surface area (Å²) in [5, 5.41) is 3.66. The van der Waals surface area contributed by atoms with E-state index in [0.717, 1.165) is 31.0 Å². The van der Waals surface area contributed by atoms with Crippen molar-refractivity contribution in [3.63, 3.8) is 0 Å². The van der Waals surface area contributed by atoms with E-state index in [0.29, 0.717) is 11.6 Å². The van der Waals surface area contributed by atoms with Gasteiger partial charge in [0.05, 0.1) is 0 Å². The van der Waals surface area contributed by atoms with Crippen molar-refractivity contribution in [3.05, 3.63) is 34.9 Å². The van der Waals surface area contributed by atoms with Crippen LogP contribution >= 0.6 is 11.6 Å². The first-order valence-electron chi connectivity index (χ1n) is 6.97. The highest BCUT2D eigenvalue weighted by Gasteiger charge is 2.26. The highest BCUT2D eigenvalue weighted by atomic mass is 35.5. The molecule has 0 radical (unpaired) electrons. The minimum absolute atomic E-state index is 0.0219. The lowest BCUT2D eigenvalue weighted by Gasteiger charge is -2.22. The molecule has 0 spiro atoms. The summed E-state index contributed by atoms with van der Waals surface area (Å²) in [5.41, 5.74) is 0.959. The van der Waals surface area contributed by atoms with Gasteiger partial charge in [-0.05, 0) is 36.8 Å². The Kier molecular flexibility index (Phi) is 5.08. The van der Waals surface area contributed by atoms with Crippen LogP contribution in [0.2, 0.25) is 5.02 Å². The Labute approximate surface area is 119 Å². The predicted octanol–water partition coefficient (Wildman–Crippen LogP) is 3.67. The molecule has 3 nitrogen and oxygen atoms in total. The average molecular weight is 281 g/mol. The van der Waals surface area contributed by atoms with Crippen LogP contribution < -0.4 is 5.32 Å². The SMILES string of the molecule is CCCN(CC1CC1)C(=O)NCc1ccccc1Cl. The van der Waals surface area contributed by atoms with Gasteiger partial charge in [-0.2, -0.15) is 0 Å². The van der Waals surface area contributed by atoms with Crippen LogP contribution in [0.4, 0.5) is 4.79 Å². The van der Waals surface area contributed by atoms with Crippen molar-refractivity contribution >= 4 is 17.6 Å². The molecule has 1 aromatic carbocycles. The van der Waals surface area contributed by atoms with E-state index >= 15 is 0 Å². The molecular weight excluding hydrogens is 260 g/mol. The zero-order chi connectivity index (χ0) is 13.7. The van der Waals surface area contributed by atoms with Gasteiger partial charge >= 0.3 is 6.03 Å². The van der Waals surface area contributed by atoms with E-state index in [-0.39, 0.29) is 6.03 Å². The summed E-state index contributed by atoms with van der Waals surface area (Å²) >= 11 is 6.08. The molecule has 19 heavy (non-hydrogen) atoms. The smallest absolute Gasteiger partial charge is 0.317 e. The van der Waals surface area contributed by atoms with E-state index in [4.69, 9.17) is 11.6 Å². The lowest BCUT2D eigenvalue weighted by molar-refractivity contribution is 0.195. The van der Waals surface area contributed by atoms with Gasteiger partial charge in [-0.1, -0.05) is 36.7 Å². The van der Waals surface area contributed by atoms with E-state index in [9.17, 15) is 4.79 Å². The summed E-state index contributed by atoms with van der Waals surface area (Å²) in [4.78, 5) is 14.1. The Morgan fingerprint density at radius 2 is 2.16 bits per heavy atom. The number of hydrogen-bond donors (Lipinski definition) is 1. The van der Waals surface area contributed by atoms with E-state index in [1.54, 1.807) is 0 Å². The van der Waals surface area contributed by atoms with Gasteiger partial charge in [-0.15, -0.1) is 0 Å². The number of carbonyl (C=O) groups is 1. The van der Waals surface area contributed by atoms with Crippen LogP contribution in [0.25, 0.3) is 0 Å². The second-order valence-electron chi connectivity index (χ2n) is 5.14. The summed E-state index contributed by atoms with van der Waals surface area (Å²) in [6.07, 6.45) is 3.52. The largest absolute Gasteiger partial charge is 0.334 e. The second-order valence-corrected chi connectivity index (χ2v) is 5.55. The number of carbonyl (C=O) groups excluding carboxylic acids is 1. The first kappa shape index (κ1) is 14.2. The van der Waals surface area contributed by atoms with Crippen molar-refractivity contribution in [2.45, 2.75) is 32.7 Å². The lowest BCUT2D eigenvalue weighted by Crippen LogP contribution is -2.41. The van der Waals surface area contributed by atoms with Crippen molar-refractivity contribution in [1.82, 2.24) is 10.2 Å². The van der Waals surface area contributed by atoms with Crippen molar-refractivity contribution in [2.75, 3.05) is 13.1 Å². The van der Waals surface area contributed by atoms with Crippen LogP contribution in [0.1, 0.15) is 31.7 Å². The molecule has 0 aromatic heterocycles. The monoisotopic (exact) mass is 280 g/mol. The van der Waals surface area contributed by atoms with Crippen molar-refractivity contribution < 1.29 is 4.79 Å². The summed E-state index contributed by atoms with van der Waals surface area (Å²) in [7, 11) is 0. The third-order valence-electron chi connectivity index (χ3n) is 3.34. The van der Waals surface area contributed by atoms with Crippen LogP contribution in [0, 0.1) is 5.92 Å². The molecule has 2 rings (SSSR count). The minimum Gasteiger partial charge on any atom is -0.334 e. The molecular formula is C15H21ClN2O. The minimum atomic E-state index is 0.0219. The van der Waals surface area contributed by atoms with E-state index in [1.807, 2.05) is 29.2 Å². The molecule has 0 saturated heterocycles. The summed E-state index contributed by atoms with van der Waals surface area (Å²) in [5.74, 6) is 0.720. The maximum Gasteiger partial charge on any atom is 0.317 e. The van der Waals surface area contributed by atoms with Crippen LogP contribution in [0.15, 0.2) is 24.3 Å². The van der Waals surface area contributed by atoms with Gasteiger partial charge < -0.3 is 10.2 Å². The van der Waals surface area contributed by atoms with Crippen LogP contribution in [0.5, 0.6) is 0 Å². The van der Waals surface area contributed by atoms with Gasteiger partial charge in [0.2, 0.25) is 0 Å². The molecule has 4 heteroatoms. The molecule has 104 valence electrons. The Bertz CT molecular complexity index is 432. The molecule has 0 heterocycles. The fourth-order valence-electron chi connectivity index (χ4n) is 2.08. The molecule has 1 aromatic rings. The molecule has 1 saturated carbocycles. The zero-order valence-corrected chi connectivity index (χ0v) is 12.1. The first-order valence-corrected chi connectivity index (χ1v) is 7.34. The normalized spacial score (nSPS) is 14.2. The quantitative estimate of drug-likeness (QED) is 0.847. The Morgan fingerprint density at radius 1 is 1.42 bits per heavy atom. The average Bonchev–Trinajstić information content (AvgIpc) is 3.21. The van der Waals surface area contributed by atoms with Crippen molar-refractivity contribution in [2.24, 2.45) is 5.92 Å². The molecule has 2 amide bonds. The third-order valence-corrected chi connectivity index (χ3v) is 3.71. The first-order chi connectivity index (χ1) is 9.20. The highest BCUT2D eigenvalue weighted by Crippen LogP contribution is 2.29. The van der Waals surface area contributed by atoms with Crippen LogP contribution in [-0.2, 0) is 6.54 Å². The number of urea groups is 1. The van der Waals surface area contributed by atoms with Crippen molar-refractivity contribution in [3.8, 4) is 0 Å². The molecule has 1 fully saturated rings. The number of amides is 2. The summed E-state index contributed by atoms with van der Waals surface area (Å²) in [6.45, 7) is 4.30. The topological polar surface area (TPSA) is 32.3 Å². The van der Waals surface area contributed by atoms with E-state index in [1.165, 1.54) is 12.8 Å². The van der Waals surface area contributed by atoms with E-state index < -0.39 is 0 Å². The molecule has 0 aliphatic heterocycles. The maximum absolute atomic E-state index is 12.2. The maximum atomic E-state index is 12.2. The number of nitrogens with zero attached hydrogens (tertiary/aromatic N) is 1. The molecule has 0 atom stereocenters. The van der Waals surface area contributed by atoms with Gasteiger partial charge in [-0.3, -0.25) is 0 Å². The van der Waals surface area contributed by atoms with E-state index in [2.05, 4.69) is 12.2 Å². The Hall–Kier alpha value is -1.22. The highest BCUT2D eigenvalue weighted by molar-refractivity contribution is 6.31. The summed E-state index contributed by atoms with van der Waals surface area (Å²) in [6, 6.07) is 7.63. The summed E-state index contributed by atoms with van der Waals surface area (Å²) < 4.78 is 0. The Balaban J connectivity index is 1.85. The molecule has 1 N–H and O–H groups in total. The number of benzene rings is 1. The van der Waals surface area contributed by atoms with Gasteiger partial charge in [-0.25, -0.2) is 4.79 Å². The third kappa shape index (κ3) is 4.43. The molecule has 1 aliphatic rings. The number of hydrogen-bond acceptors (Lipinski definition) is 1. The fourth-order valence-corrected chi connectivity index (χ4v) is 2.28. The van der Waals surface area contributed by atoms with Crippen LogP contribution in [-0.4, -0.2) is 24.0 Å². The predicted molar refractivity (Wildman–Crippen MR) is 78.3 cm³/mol. The van der Waals surface area contributed by atoms with Crippen molar-refractivity contribution in [1.29, 1.82) is 0 Å². The molecule has 0 bridgehead atoms. The second kappa shape index (κ2) is 6.80. The standard InChI is InChI=1S/C15H21ClN2O/c1-2-9-18(11-12-7-8-12)15(19)17-10-13-5-3-4-6-14(13)16/h3-6,12H,2,7-11H2,1H3,(H,17,19). The number of nitrogens with one attached hydrogen (secondary N) is 1. The fraction of sp³-hybridized carbons (Fsp3) is 0.533. The molecule has 1 aliphatic carbocycles. The molecule has 0 unspecified atom stereocenters. The lowest BCUT2D eigenvalue weighted by atomic mass is 10.2. The van der Waals surface area contributed by atoms with Gasteiger partial charge in [0.1, 0.15) is 0 Å². The van der Waals surface area contributed by atoms with Gasteiger partial charge in [0.25, 0.3) is 0 Å². The zero-order valence-electron chi connectivity index (χ0n) is 11.4. The van der Waals surface area contributed by atoms with Gasteiger partial charge in [0.15, 0.2) is 0 Å². The van der Waals surface area contributed by atoms with Gasteiger partial charge in [0, 0.05) is 24.7 Å².